The van der Waals surface area contributed by atoms with Gasteiger partial charge >= 0.3 is 5.97 Å². The van der Waals surface area contributed by atoms with Gasteiger partial charge in [0, 0.05) is 17.4 Å². The number of carboxylic acids is 1. The Kier molecular flexibility index (Phi) is 4.88. The van der Waals surface area contributed by atoms with Gasteiger partial charge in [-0.25, -0.2) is 0 Å². The number of nitrogens with zero attached hydrogens (tertiary/aromatic N) is 1. The molecule has 6 heteroatoms. The van der Waals surface area contributed by atoms with E-state index in [2.05, 4.69) is 15.9 Å². The maximum absolute atomic E-state index is 12.1. The van der Waals surface area contributed by atoms with Gasteiger partial charge in [0.15, 0.2) is 0 Å². The Balaban J connectivity index is 2.49. The van der Waals surface area contributed by atoms with Crippen molar-refractivity contribution in [2.75, 3.05) is 13.7 Å². The summed E-state index contributed by atoms with van der Waals surface area (Å²) < 4.78 is 6.00. The number of carboxylic acid groups (broad SMARTS) is 1. The lowest BCUT2D eigenvalue weighted by atomic mass is 9.93. The molecule has 0 spiro atoms. The first-order chi connectivity index (χ1) is 9.99. The Hall–Kier alpha value is -1.56. The van der Waals surface area contributed by atoms with Gasteiger partial charge in [-0.2, -0.15) is 0 Å². The number of hydrogen-bond acceptors (Lipinski definition) is 3. The zero-order valence-electron chi connectivity index (χ0n) is 12.0. The summed E-state index contributed by atoms with van der Waals surface area (Å²) >= 11 is 3.46. The SMILES string of the molecule is CCCN1C(=O)CC(C(=O)O)C1c1cc(OC)ccc1Br. The van der Waals surface area contributed by atoms with E-state index >= 15 is 0 Å². The Morgan fingerprint density at radius 2 is 2.24 bits per heavy atom. The lowest BCUT2D eigenvalue weighted by molar-refractivity contribution is -0.142. The Bertz CT molecular complexity index is 561. The number of likely N-dealkylation sites (tertiary alicyclic amines) is 1. The van der Waals surface area contributed by atoms with Crippen molar-refractivity contribution in [3.63, 3.8) is 0 Å². The van der Waals surface area contributed by atoms with E-state index in [1.54, 1.807) is 24.1 Å². The van der Waals surface area contributed by atoms with Gasteiger partial charge in [0.1, 0.15) is 5.75 Å². The van der Waals surface area contributed by atoms with E-state index in [-0.39, 0.29) is 12.3 Å². The van der Waals surface area contributed by atoms with E-state index < -0.39 is 17.9 Å². The molecule has 2 atom stereocenters. The number of aliphatic carboxylic acids is 1. The van der Waals surface area contributed by atoms with E-state index in [1.165, 1.54) is 0 Å². The average Bonchev–Trinajstić information content (AvgIpc) is 2.78. The van der Waals surface area contributed by atoms with Crippen molar-refractivity contribution in [1.29, 1.82) is 0 Å². The van der Waals surface area contributed by atoms with E-state index in [0.717, 1.165) is 16.5 Å². The summed E-state index contributed by atoms with van der Waals surface area (Å²) in [6, 6.07) is 4.95. The van der Waals surface area contributed by atoms with Crippen LogP contribution in [-0.2, 0) is 9.59 Å². The van der Waals surface area contributed by atoms with Gasteiger partial charge < -0.3 is 14.7 Å². The van der Waals surface area contributed by atoms with Crippen LogP contribution in [0, 0.1) is 5.92 Å². The minimum absolute atomic E-state index is 0.0453. The van der Waals surface area contributed by atoms with Crippen LogP contribution in [-0.4, -0.2) is 35.5 Å². The maximum Gasteiger partial charge on any atom is 0.309 e. The van der Waals surface area contributed by atoms with Crippen molar-refractivity contribution in [1.82, 2.24) is 4.90 Å². The molecule has 0 bridgehead atoms. The molecule has 0 aliphatic carbocycles. The fourth-order valence-electron chi connectivity index (χ4n) is 2.78. The number of benzene rings is 1. The summed E-state index contributed by atoms with van der Waals surface area (Å²) in [6.07, 6.45) is 0.833. The number of methoxy groups -OCH3 is 1. The predicted octanol–water partition coefficient (Wildman–Crippen LogP) is 2.84. The molecule has 2 unspecified atom stereocenters. The van der Waals surface area contributed by atoms with E-state index in [9.17, 15) is 14.7 Å². The molecule has 1 aromatic rings. The largest absolute Gasteiger partial charge is 0.497 e. The van der Waals surface area contributed by atoms with Crippen LogP contribution in [0.15, 0.2) is 22.7 Å². The number of carbonyl (C=O) groups is 2. The van der Waals surface area contributed by atoms with Crippen LogP contribution in [0.3, 0.4) is 0 Å². The standard InChI is InChI=1S/C15H18BrNO4/c1-3-6-17-13(18)8-11(15(19)20)14(17)10-7-9(21-2)4-5-12(10)16/h4-5,7,11,14H,3,6,8H2,1-2H3,(H,19,20). The number of rotatable bonds is 5. The normalized spacial score (nSPS) is 21.7. The number of ether oxygens (including phenoxy) is 1. The second-order valence-corrected chi connectivity index (χ2v) is 5.92. The fourth-order valence-corrected chi connectivity index (χ4v) is 3.26. The van der Waals surface area contributed by atoms with Crippen LogP contribution in [0.25, 0.3) is 0 Å². The molecule has 21 heavy (non-hydrogen) atoms. The number of carbonyl (C=O) groups excluding carboxylic acids is 1. The Morgan fingerprint density at radius 1 is 1.52 bits per heavy atom. The Morgan fingerprint density at radius 3 is 2.81 bits per heavy atom. The molecule has 1 saturated heterocycles. The third kappa shape index (κ3) is 3.05. The molecular formula is C15H18BrNO4. The van der Waals surface area contributed by atoms with Crippen LogP contribution in [0.1, 0.15) is 31.4 Å². The predicted molar refractivity (Wildman–Crippen MR) is 81.2 cm³/mol. The topological polar surface area (TPSA) is 66.8 Å². The summed E-state index contributed by atoms with van der Waals surface area (Å²) in [5.74, 6) is -1.13. The van der Waals surface area contributed by atoms with Gasteiger partial charge in [0.05, 0.1) is 19.1 Å². The van der Waals surface area contributed by atoms with Gasteiger partial charge in [-0.3, -0.25) is 9.59 Å². The van der Waals surface area contributed by atoms with Gasteiger partial charge in [-0.1, -0.05) is 22.9 Å². The number of hydrogen-bond donors (Lipinski definition) is 1. The first-order valence-corrected chi connectivity index (χ1v) is 7.64. The summed E-state index contributed by atoms with van der Waals surface area (Å²) in [6.45, 7) is 2.52. The smallest absolute Gasteiger partial charge is 0.309 e. The summed E-state index contributed by atoms with van der Waals surface area (Å²) in [4.78, 5) is 25.3. The van der Waals surface area contributed by atoms with Crippen LogP contribution in [0.2, 0.25) is 0 Å². The highest BCUT2D eigenvalue weighted by Crippen LogP contribution is 2.42. The quantitative estimate of drug-likeness (QED) is 0.881. The van der Waals surface area contributed by atoms with Crippen molar-refractivity contribution in [2.45, 2.75) is 25.8 Å². The first-order valence-electron chi connectivity index (χ1n) is 6.85. The monoisotopic (exact) mass is 355 g/mol. The summed E-state index contributed by atoms with van der Waals surface area (Å²) in [5, 5.41) is 9.44. The van der Waals surface area contributed by atoms with Crippen molar-refractivity contribution >= 4 is 27.8 Å². The molecule has 0 radical (unpaired) electrons. The van der Waals surface area contributed by atoms with Crippen LogP contribution < -0.4 is 4.74 Å². The molecule has 114 valence electrons. The molecule has 1 amide bonds. The molecule has 0 saturated carbocycles. The Labute approximate surface area is 132 Å². The van der Waals surface area contributed by atoms with E-state index in [0.29, 0.717) is 12.3 Å². The average molecular weight is 356 g/mol. The van der Waals surface area contributed by atoms with Crippen LogP contribution >= 0.6 is 15.9 Å². The molecule has 1 aliphatic heterocycles. The molecule has 1 N–H and O–H groups in total. The molecule has 1 aliphatic rings. The van der Waals surface area contributed by atoms with Gasteiger partial charge in [0.2, 0.25) is 5.91 Å². The molecule has 2 rings (SSSR count). The highest BCUT2D eigenvalue weighted by Gasteiger charge is 2.45. The molecule has 0 aromatic heterocycles. The van der Waals surface area contributed by atoms with Gasteiger partial charge in [-0.15, -0.1) is 0 Å². The van der Waals surface area contributed by atoms with Gasteiger partial charge in [0.25, 0.3) is 0 Å². The molecule has 5 nitrogen and oxygen atoms in total. The minimum Gasteiger partial charge on any atom is -0.497 e. The molecule has 1 fully saturated rings. The lowest BCUT2D eigenvalue weighted by Crippen LogP contribution is -2.31. The maximum atomic E-state index is 12.1. The van der Waals surface area contributed by atoms with E-state index in [1.807, 2.05) is 13.0 Å². The van der Waals surface area contributed by atoms with Gasteiger partial charge in [-0.05, 0) is 30.2 Å². The third-order valence-electron chi connectivity index (χ3n) is 3.74. The van der Waals surface area contributed by atoms with Crippen LogP contribution in [0.4, 0.5) is 0 Å². The highest BCUT2D eigenvalue weighted by molar-refractivity contribution is 9.10. The van der Waals surface area contributed by atoms with E-state index in [4.69, 9.17) is 4.74 Å². The molecular weight excluding hydrogens is 338 g/mol. The highest BCUT2D eigenvalue weighted by atomic mass is 79.9. The third-order valence-corrected chi connectivity index (χ3v) is 4.46. The summed E-state index contributed by atoms with van der Waals surface area (Å²) in [5.41, 5.74) is 0.779. The summed E-state index contributed by atoms with van der Waals surface area (Å²) in [7, 11) is 1.56. The second-order valence-electron chi connectivity index (χ2n) is 5.07. The van der Waals surface area contributed by atoms with Crippen LogP contribution in [0.5, 0.6) is 5.75 Å². The van der Waals surface area contributed by atoms with Crippen molar-refractivity contribution in [2.24, 2.45) is 5.92 Å². The van der Waals surface area contributed by atoms with Crippen molar-refractivity contribution < 1.29 is 19.4 Å². The molecule has 1 heterocycles. The zero-order valence-corrected chi connectivity index (χ0v) is 13.6. The lowest BCUT2D eigenvalue weighted by Gasteiger charge is -2.28. The second kappa shape index (κ2) is 6.47. The van der Waals surface area contributed by atoms with Crippen molar-refractivity contribution in [3.8, 4) is 5.75 Å². The van der Waals surface area contributed by atoms with Crippen molar-refractivity contribution in [3.05, 3.63) is 28.2 Å². The number of amides is 1. The zero-order chi connectivity index (χ0) is 15.6. The molecule has 1 aromatic carbocycles. The number of halogens is 1. The minimum atomic E-state index is -0.943. The fraction of sp³-hybridized carbons (Fsp3) is 0.467. The first kappa shape index (κ1) is 15.8.